The quantitative estimate of drug-likeness (QED) is 0.188. The van der Waals surface area contributed by atoms with E-state index in [-0.39, 0.29) is 12.2 Å². The van der Waals surface area contributed by atoms with E-state index in [9.17, 15) is 13.0 Å². The van der Waals surface area contributed by atoms with Gasteiger partial charge in [0.2, 0.25) is 11.2 Å². The topological polar surface area (TPSA) is 64.3 Å². The number of pyridine rings is 1. The molecule has 0 bridgehead atoms. The summed E-state index contributed by atoms with van der Waals surface area (Å²) >= 11 is 1.68. The van der Waals surface area contributed by atoms with Crippen molar-refractivity contribution in [2.75, 3.05) is 17.2 Å². The van der Waals surface area contributed by atoms with Gasteiger partial charge in [0.05, 0.1) is 26.2 Å². The highest BCUT2D eigenvalue weighted by Gasteiger charge is 2.26. The second-order valence-electron chi connectivity index (χ2n) is 9.20. The Balaban J connectivity index is 1.63. The summed E-state index contributed by atoms with van der Waals surface area (Å²) in [6.45, 7) is 2.68. The number of unbranched alkanes of at least 4 members (excludes halogenated alkanes) is 1. The van der Waals surface area contributed by atoms with Gasteiger partial charge in [-0.15, -0.1) is 0 Å². The fourth-order valence-electron chi connectivity index (χ4n) is 4.86. The molecule has 1 aliphatic heterocycles. The van der Waals surface area contributed by atoms with Crippen LogP contribution in [0.2, 0.25) is 0 Å². The minimum Gasteiger partial charge on any atom is -0.748 e. The Morgan fingerprint density at radius 2 is 1.68 bits per heavy atom. The van der Waals surface area contributed by atoms with Crippen LogP contribution in [-0.2, 0) is 16.5 Å². The van der Waals surface area contributed by atoms with E-state index in [0.717, 1.165) is 57.0 Å². The highest BCUT2D eigenvalue weighted by atomic mass is 32.2. The number of benzene rings is 3. The third-order valence-corrected chi connectivity index (χ3v) is 8.46. The first kappa shape index (κ1) is 25.5. The van der Waals surface area contributed by atoms with Crippen LogP contribution in [0.5, 0.6) is 0 Å². The van der Waals surface area contributed by atoms with E-state index < -0.39 is 10.1 Å². The Morgan fingerprint density at radius 3 is 2.46 bits per heavy atom. The number of para-hydroxylation sites is 3. The van der Waals surface area contributed by atoms with Gasteiger partial charge in [0, 0.05) is 47.9 Å². The normalized spacial score (nSPS) is 14.4. The van der Waals surface area contributed by atoms with E-state index in [1.807, 2.05) is 24.3 Å². The lowest BCUT2D eigenvalue weighted by atomic mass is 10.0. The van der Waals surface area contributed by atoms with Crippen LogP contribution in [0.4, 0.5) is 5.69 Å². The monoisotopic (exact) mass is 530 g/mol. The van der Waals surface area contributed by atoms with E-state index in [1.165, 1.54) is 5.69 Å². The van der Waals surface area contributed by atoms with Gasteiger partial charge >= 0.3 is 0 Å². The number of aromatic nitrogens is 1. The molecule has 5 nitrogen and oxygen atoms in total. The summed E-state index contributed by atoms with van der Waals surface area (Å²) in [4.78, 5) is 3.27. The van der Waals surface area contributed by atoms with E-state index in [4.69, 9.17) is 0 Å². The van der Waals surface area contributed by atoms with Crippen molar-refractivity contribution in [2.45, 2.75) is 37.5 Å². The first-order valence-corrected chi connectivity index (χ1v) is 15.1. The zero-order valence-corrected chi connectivity index (χ0v) is 22.5. The Kier molecular flexibility index (Phi) is 7.65. The van der Waals surface area contributed by atoms with Crippen LogP contribution in [0.15, 0.2) is 94.9 Å². The molecule has 3 aromatic carbocycles. The Morgan fingerprint density at radius 1 is 0.946 bits per heavy atom. The molecule has 5 rings (SSSR count). The molecule has 37 heavy (non-hydrogen) atoms. The number of aryl methyl sites for hydroxylation is 1. The molecule has 0 spiro atoms. The molecule has 7 heteroatoms. The van der Waals surface area contributed by atoms with E-state index in [0.29, 0.717) is 6.54 Å². The third-order valence-electron chi connectivity index (χ3n) is 6.56. The van der Waals surface area contributed by atoms with Crippen LogP contribution in [0, 0.1) is 0 Å². The predicted molar refractivity (Wildman–Crippen MR) is 151 cm³/mol. The molecule has 0 N–H and O–H groups in total. The molecule has 0 unspecified atom stereocenters. The van der Waals surface area contributed by atoms with Crippen LogP contribution in [0.1, 0.15) is 37.4 Å². The predicted octanol–water partition coefficient (Wildman–Crippen LogP) is 6.31. The minimum absolute atomic E-state index is 0.281. The minimum atomic E-state index is -4.25. The number of hydrogen-bond acceptors (Lipinski definition) is 5. The zero-order valence-electron chi connectivity index (χ0n) is 20.8. The molecule has 1 aromatic heterocycles. The summed E-state index contributed by atoms with van der Waals surface area (Å²) in [6.07, 6.45) is 5.66. The summed E-state index contributed by atoms with van der Waals surface area (Å²) in [5.41, 5.74) is 5.73. The molecule has 190 valence electrons. The second-order valence-corrected chi connectivity index (χ2v) is 11.8. The Bertz CT molecular complexity index is 1550. The Hall–Kier alpha value is -3.13. The molecule has 0 fully saturated rings. The van der Waals surface area contributed by atoms with Crippen molar-refractivity contribution < 1.29 is 17.5 Å². The molecular weight excluding hydrogens is 500 g/mol. The number of thioether (sulfide) groups is 1. The molecule has 0 saturated heterocycles. The number of anilines is 1. The largest absolute Gasteiger partial charge is 0.748 e. The number of fused-ring (bicyclic) bond motifs is 2. The number of nitrogens with zero attached hydrogens (tertiary/aromatic N) is 2. The third kappa shape index (κ3) is 5.74. The highest BCUT2D eigenvalue weighted by molar-refractivity contribution is 8.03. The van der Waals surface area contributed by atoms with Gasteiger partial charge in [0.1, 0.15) is 0 Å². The lowest BCUT2D eigenvalue weighted by molar-refractivity contribution is -0.576. The zero-order chi connectivity index (χ0) is 25.8. The van der Waals surface area contributed by atoms with Gasteiger partial charge in [0.15, 0.2) is 5.69 Å². The van der Waals surface area contributed by atoms with Gasteiger partial charge in [-0.1, -0.05) is 67.6 Å². The Labute approximate surface area is 223 Å². The molecule has 2 heterocycles. The van der Waals surface area contributed by atoms with Crippen molar-refractivity contribution in [1.29, 1.82) is 0 Å². The van der Waals surface area contributed by atoms with Gasteiger partial charge in [-0.2, -0.15) is 4.57 Å². The average Bonchev–Trinajstić information content (AvgIpc) is 3.24. The molecule has 0 aliphatic carbocycles. The maximum Gasteiger partial charge on any atom is 0.219 e. The van der Waals surface area contributed by atoms with Crippen LogP contribution in [-0.4, -0.2) is 25.3 Å². The summed E-state index contributed by atoms with van der Waals surface area (Å²) in [5.74, 6) is -0.365. The first-order valence-electron chi connectivity index (χ1n) is 12.7. The van der Waals surface area contributed by atoms with Crippen LogP contribution >= 0.6 is 11.8 Å². The summed E-state index contributed by atoms with van der Waals surface area (Å²) in [5, 5.41) is 2.19. The highest BCUT2D eigenvalue weighted by Crippen LogP contribution is 2.46. The summed E-state index contributed by atoms with van der Waals surface area (Å²) in [7, 11) is -4.25. The molecular formula is C30H30N2O3S2. The molecule has 1 aliphatic rings. The molecule has 0 atom stereocenters. The maximum atomic E-state index is 11.2. The fourth-order valence-corrected chi connectivity index (χ4v) is 6.48. The van der Waals surface area contributed by atoms with Gasteiger partial charge in [-0.05, 0) is 42.7 Å². The van der Waals surface area contributed by atoms with Gasteiger partial charge in [-0.3, -0.25) is 0 Å². The fraction of sp³-hybridized carbons (Fsp3) is 0.233. The second kappa shape index (κ2) is 11.1. The van der Waals surface area contributed by atoms with E-state index >= 15 is 0 Å². The van der Waals surface area contributed by atoms with Crippen molar-refractivity contribution in [1.82, 2.24) is 0 Å². The van der Waals surface area contributed by atoms with Gasteiger partial charge in [-0.25, -0.2) is 8.42 Å². The molecule has 0 radical (unpaired) electrons. The average molecular weight is 531 g/mol. The molecule has 4 aromatic rings. The first-order chi connectivity index (χ1) is 17.9. The molecule has 0 saturated carbocycles. The number of hydrogen-bond donors (Lipinski definition) is 0. The van der Waals surface area contributed by atoms with Gasteiger partial charge in [0.25, 0.3) is 0 Å². The van der Waals surface area contributed by atoms with E-state index in [1.54, 1.807) is 11.8 Å². The number of rotatable bonds is 9. The van der Waals surface area contributed by atoms with Crippen molar-refractivity contribution in [3.05, 3.63) is 101 Å². The van der Waals surface area contributed by atoms with Crippen molar-refractivity contribution >= 4 is 44.5 Å². The molecule has 0 amide bonds. The summed E-state index contributed by atoms with van der Waals surface area (Å²) < 4.78 is 36.1. The van der Waals surface area contributed by atoms with Crippen molar-refractivity contribution in [2.24, 2.45) is 0 Å². The summed E-state index contributed by atoms with van der Waals surface area (Å²) in [6, 6.07) is 29.4. The van der Waals surface area contributed by atoms with Crippen molar-refractivity contribution in [3.63, 3.8) is 0 Å². The van der Waals surface area contributed by atoms with Crippen LogP contribution in [0.3, 0.4) is 0 Å². The van der Waals surface area contributed by atoms with Crippen molar-refractivity contribution in [3.8, 4) is 5.69 Å². The lowest BCUT2D eigenvalue weighted by Crippen LogP contribution is -2.37. The SMILES string of the molecule is CCCCc1cc(C=C2Sc3ccccc3N2CCCS(=O)(=O)[O-])c2ccccc2[n+]1-c1ccccc1. The van der Waals surface area contributed by atoms with Crippen LogP contribution < -0.4 is 9.47 Å². The van der Waals surface area contributed by atoms with Crippen LogP contribution in [0.25, 0.3) is 22.7 Å². The smallest absolute Gasteiger partial charge is 0.219 e. The lowest BCUT2D eigenvalue weighted by Gasteiger charge is -2.21. The standard InChI is InChI=1S/C30H30N2O3S2/c1-2-3-12-25-21-23(26-15-7-8-16-27(26)32(25)24-13-5-4-6-14-24)22-30-31(19-11-20-37(33,34)35)28-17-9-10-18-29(28)36-30/h4-10,13-18,21-22H,2-3,11-12,19-20H2,1H3. The van der Waals surface area contributed by atoms with E-state index in [2.05, 4.69) is 83.1 Å². The maximum absolute atomic E-state index is 11.2. The van der Waals surface area contributed by atoms with Gasteiger partial charge < -0.3 is 9.45 Å².